The Kier molecular flexibility index (Phi) is 5.25. The van der Waals surface area contributed by atoms with Crippen molar-refractivity contribution in [3.05, 3.63) is 11.8 Å². The van der Waals surface area contributed by atoms with E-state index in [1.165, 1.54) is 18.0 Å². The van der Waals surface area contributed by atoms with Gasteiger partial charge in [0.2, 0.25) is 0 Å². The van der Waals surface area contributed by atoms with E-state index in [1.54, 1.807) is 11.8 Å². The van der Waals surface area contributed by atoms with Gasteiger partial charge in [0.25, 0.3) is 0 Å². The molecule has 2 aliphatic rings. The van der Waals surface area contributed by atoms with Gasteiger partial charge in [-0.25, -0.2) is 0 Å². The summed E-state index contributed by atoms with van der Waals surface area (Å²) in [6, 6.07) is 0. The van der Waals surface area contributed by atoms with Crippen molar-refractivity contribution in [1.82, 2.24) is 4.72 Å². The maximum Gasteiger partial charge on any atom is 0.394 e. The van der Waals surface area contributed by atoms with Crippen LogP contribution in [0.25, 0.3) is 0 Å². The molecule has 110 valence electrons. The number of hydrogen-bond donors (Lipinski definition) is 2. The standard InChI is InChI=1S/C11H15ClF3NOS2/c12-9-3-4-10(18-9)19-16-6-1-2-7(8(17)5-6)11(13,14)15/h1,7-10,16-17H,2-5H2. The molecule has 1 fully saturated rings. The maximum absolute atomic E-state index is 12.6. The van der Waals surface area contributed by atoms with Crippen molar-refractivity contribution in [1.29, 1.82) is 0 Å². The van der Waals surface area contributed by atoms with E-state index in [0.29, 0.717) is 10.3 Å². The molecule has 0 aromatic carbocycles. The molecule has 0 aromatic rings. The van der Waals surface area contributed by atoms with Gasteiger partial charge < -0.3 is 9.83 Å². The summed E-state index contributed by atoms with van der Waals surface area (Å²) in [4.78, 5) is 0. The summed E-state index contributed by atoms with van der Waals surface area (Å²) in [6.45, 7) is 0. The first-order chi connectivity index (χ1) is 8.86. The lowest BCUT2D eigenvalue weighted by molar-refractivity contribution is -0.200. The van der Waals surface area contributed by atoms with Crippen molar-refractivity contribution in [2.24, 2.45) is 5.92 Å². The van der Waals surface area contributed by atoms with Crippen LogP contribution in [0.4, 0.5) is 13.2 Å². The van der Waals surface area contributed by atoms with Gasteiger partial charge in [-0.2, -0.15) is 13.2 Å². The maximum atomic E-state index is 12.6. The molecule has 0 saturated carbocycles. The third-order valence-electron chi connectivity index (χ3n) is 3.18. The fourth-order valence-corrected chi connectivity index (χ4v) is 5.14. The Morgan fingerprint density at radius 2 is 2.16 bits per heavy atom. The van der Waals surface area contributed by atoms with E-state index in [1.807, 2.05) is 0 Å². The minimum Gasteiger partial charge on any atom is -0.392 e. The molecule has 1 aliphatic heterocycles. The smallest absolute Gasteiger partial charge is 0.392 e. The van der Waals surface area contributed by atoms with Crippen LogP contribution in [0, 0.1) is 5.92 Å². The average Bonchev–Trinajstić information content (AvgIpc) is 2.71. The Hall–Kier alpha value is 0.280. The Labute approximate surface area is 123 Å². The van der Waals surface area contributed by atoms with E-state index >= 15 is 0 Å². The number of halogens is 4. The van der Waals surface area contributed by atoms with E-state index < -0.39 is 18.2 Å². The first-order valence-electron chi connectivity index (χ1n) is 6.01. The van der Waals surface area contributed by atoms with Gasteiger partial charge in [0.15, 0.2) is 0 Å². The van der Waals surface area contributed by atoms with Gasteiger partial charge in [0.1, 0.15) is 0 Å². The second kappa shape index (κ2) is 6.37. The second-order valence-electron chi connectivity index (χ2n) is 4.66. The van der Waals surface area contributed by atoms with Crippen LogP contribution in [0.3, 0.4) is 0 Å². The highest BCUT2D eigenvalue weighted by Gasteiger charge is 2.45. The van der Waals surface area contributed by atoms with Gasteiger partial charge in [-0.3, -0.25) is 0 Å². The lowest BCUT2D eigenvalue weighted by atomic mass is 9.89. The van der Waals surface area contributed by atoms with E-state index in [4.69, 9.17) is 11.6 Å². The quantitative estimate of drug-likeness (QED) is 0.607. The zero-order valence-corrected chi connectivity index (χ0v) is 12.4. The second-order valence-corrected chi connectivity index (χ2v) is 8.16. The Balaban J connectivity index is 1.81. The number of alkyl halides is 4. The number of rotatable bonds is 3. The molecule has 4 atom stereocenters. The molecule has 0 spiro atoms. The number of allylic oxidation sites excluding steroid dienone is 1. The third kappa shape index (κ3) is 4.37. The fraction of sp³-hybridized carbons (Fsp3) is 0.818. The highest BCUT2D eigenvalue weighted by atomic mass is 35.5. The van der Waals surface area contributed by atoms with E-state index in [2.05, 4.69) is 4.72 Å². The zero-order valence-electron chi connectivity index (χ0n) is 9.99. The van der Waals surface area contributed by atoms with Gasteiger partial charge in [-0.15, -0.1) is 23.4 Å². The predicted octanol–water partition coefficient (Wildman–Crippen LogP) is 3.86. The number of thioether (sulfide) groups is 1. The molecule has 2 nitrogen and oxygen atoms in total. The molecule has 1 heterocycles. The Morgan fingerprint density at radius 3 is 2.68 bits per heavy atom. The van der Waals surface area contributed by atoms with Gasteiger partial charge in [0, 0.05) is 12.1 Å². The van der Waals surface area contributed by atoms with Crippen LogP contribution in [0.15, 0.2) is 11.8 Å². The van der Waals surface area contributed by atoms with Gasteiger partial charge in [-0.1, -0.05) is 6.08 Å². The molecule has 0 amide bonds. The average molecular weight is 334 g/mol. The fourth-order valence-electron chi connectivity index (χ4n) is 2.11. The highest BCUT2D eigenvalue weighted by molar-refractivity contribution is 8.17. The Bertz CT molecular complexity index is 353. The van der Waals surface area contributed by atoms with Crippen molar-refractivity contribution in [2.45, 2.75) is 47.3 Å². The third-order valence-corrected chi connectivity index (χ3v) is 6.28. The number of hydrogen-bond acceptors (Lipinski definition) is 4. The molecule has 1 saturated heterocycles. The summed E-state index contributed by atoms with van der Waals surface area (Å²) in [5.41, 5.74) is 0.677. The lowest BCUT2D eigenvalue weighted by Gasteiger charge is -2.29. The minimum absolute atomic E-state index is 0.0267. The van der Waals surface area contributed by atoms with Crippen molar-refractivity contribution < 1.29 is 18.3 Å². The first-order valence-corrected chi connectivity index (χ1v) is 8.27. The van der Waals surface area contributed by atoms with Crippen molar-refractivity contribution in [3.63, 3.8) is 0 Å². The molecule has 2 rings (SSSR count). The minimum atomic E-state index is -4.33. The molecule has 1 aliphatic carbocycles. The van der Waals surface area contributed by atoms with Crippen molar-refractivity contribution in [2.75, 3.05) is 0 Å². The summed E-state index contributed by atoms with van der Waals surface area (Å²) in [5.74, 6) is -1.64. The highest BCUT2D eigenvalue weighted by Crippen LogP contribution is 2.42. The van der Waals surface area contributed by atoms with Gasteiger partial charge in [-0.05, 0) is 31.2 Å². The first kappa shape index (κ1) is 15.7. The summed E-state index contributed by atoms with van der Waals surface area (Å²) in [5, 5.41) is 9.57. The summed E-state index contributed by atoms with van der Waals surface area (Å²) < 4.78 is 41.2. The number of nitrogens with one attached hydrogen (secondary N) is 1. The van der Waals surface area contributed by atoms with Crippen LogP contribution in [-0.4, -0.2) is 26.7 Å². The predicted molar refractivity (Wildman–Crippen MR) is 73.8 cm³/mol. The number of aliphatic hydroxyl groups is 1. The molecule has 0 aromatic heterocycles. The molecular weight excluding hydrogens is 319 g/mol. The molecular formula is C11H15ClF3NOS2. The SMILES string of the molecule is OC1CC(NSC2CCC(Cl)S2)=CCC1C(F)(F)F. The van der Waals surface area contributed by atoms with Gasteiger partial charge >= 0.3 is 6.18 Å². The monoisotopic (exact) mass is 333 g/mol. The van der Waals surface area contributed by atoms with Crippen LogP contribution < -0.4 is 4.72 Å². The van der Waals surface area contributed by atoms with Crippen molar-refractivity contribution >= 4 is 35.3 Å². The van der Waals surface area contributed by atoms with Crippen molar-refractivity contribution in [3.8, 4) is 0 Å². The van der Waals surface area contributed by atoms with E-state index in [-0.39, 0.29) is 17.6 Å². The normalized spacial score (nSPS) is 36.2. The van der Waals surface area contributed by atoms with Crippen LogP contribution in [0.2, 0.25) is 0 Å². The van der Waals surface area contributed by atoms with Crippen LogP contribution in [-0.2, 0) is 0 Å². The Morgan fingerprint density at radius 1 is 1.42 bits per heavy atom. The number of aliphatic hydroxyl groups excluding tert-OH is 1. The topological polar surface area (TPSA) is 32.3 Å². The summed E-state index contributed by atoms with van der Waals surface area (Å²) in [6.07, 6.45) is -2.36. The largest absolute Gasteiger partial charge is 0.394 e. The summed E-state index contributed by atoms with van der Waals surface area (Å²) >= 11 is 9.09. The zero-order chi connectivity index (χ0) is 14.0. The molecule has 8 heteroatoms. The van der Waals surface area contributed by atoms with E-state index in [0.717, 1.165) is 12.8 Å². The molecule has 19 heavy (non-hydrogen) atoms. The van der Waals surface area contributed by atoms with E-state index in [9.17, 15) is 18.3 Å². The van der Waals surface area contributed by atoms with Crippen LogP contribution in [0.5, 0.6) is 0 Å². The lowest BCUT2D eigenvalue weighted by Crippen LogP contribution is -2.37. The molecule has 0 radical (unpaired) electrons. The van der Waals surface area contributed by atoms with Crippen LogP contribution in [0.1, 0.15) is 25.7 Å². The molecule has 0 bridgehead atoms. The molecule has 2 N–H and O–H groups in total. The van der Waals surface area contributed by atoms with Gasteiger partial charge in [0.05, 0.1) is 21.3 Å². The van der Waals surface area contributed by atoms with Crippen LogP contribution >= 0.6 is 35.3 Å². The summed E-state index contributed by atoms with van der Waals surface area (Å²) in [7, 11) is 0. The molecule has 4 unspecified atom stereocenters.